The Morgan fingerprint density at radius 2 is 1.45 bits per heavy atom. The highest BCUT2D eigenvalue weighted by Gasteiger charge is 2.38. The molecule has 13 heteroatoms. The Bertz CT molecular complexity index is 1300. The van der Waals surface area contributed by atoms with E-state index in [0.29, 0.717) is 37.6 Å². The summed E-state index contributed by atoms with van der Waals surface area (Å²) in [6, 6.07) is 16.1. The molecule has 0 unspecified atom stereocenters. The van der Waals surface area contributed by atoms with Crippen LogP contribution in [0.15, 0.2) is 66.9 Å². The van der Waals surface area contributed by atoms with Crippen LogP contribution in [-0.2, 0) is 4.79 Å². The number of hydrogen-bond acceptors (Lipinski definition) is 6. The number of pyridine rings is 1. The lowest BCUT2D eigenvalue weighted by atomic mass is 10.1. The van der Waals surface area contributed by atoms with E-state index in [-0.39, 0.29) is 11.1 Å². The van der Waals surface area contributed by atoms with E-state index in [2.05, 4.69) is 15.2 Å². The van der Waals surface area contributed by atoms with Crippen LogP contribution in [0, 0.1) is 5.82 Å². The van der Waals surface area contributed by atoms with Gasteiger partial charge >= 0.3 is 18.1 Å². The van der Waals surface area contributed by atoms with Crippen molar-refractivity contribution in [3.8, 4) is 0 Å². The fourth-order valence-corrected chi connectivity index (χ4v) is 3.62. The molecule has 0 radical (unpaired) electrons. The number of benzene rings is 2. The van der Waals surface area contributed by atoms with E-state index >= 15 is 0 Å². The molecule has 1 amide bonds. The summed E-state index contributed by atoms with van der Waals surface area (Å²) in [5, 5.41) is 19.4. The molecule has 0 atom stereocenters. The lowest BCUT2D eigenvalue weighted by molar-refractivity contribution is -0.192. The van der Waals surface area contributed by atoms with Crippen molar-refractivity contribution < 1.29 is 42.2 Å². The van der Waals surface area contributed by atoms with E-state index in [4.69, 9.17) is 9.90 Å². The maximum absolute atomic E-state index is 13.8. The Balaban J connectivity index is 0.000000505. The van der Waals surface area contributed by atoms with Crippen LogP contribution >= 0.6 is 0 Å². The number of piperazine rings is 1. The standard InChI is InChI=1S/C23H21FN4O3.C2HF3O2/c24-19-6-2-1-5-17(19)22(29)26-16-8-9-20(18(15-16)23(30)31)27-11-13-28(14-12-27)21-7-3-4-10-25-21;3-2(4,5)1(6)7/h1-10,15H,11-14H2,(H,26,29)(H,30,31);(H,6,7). The van der Waals surface area contributed by atoms with E-state index in [1.54, 1.807) is 24.4 Å². The van der Waals surface area contributed by atoms with Crippen molar-refractivity contribution in [3.05, 3.63) is 83.8 Å². The summed E-state index contributed by atoms with van der Waals surface area (Å²) >= 11 is 0. The number of nitrogens with one attached hydrogen (secondary N) is 1. The van der Waals surface area contributed by atoms with Gasteiger partial charge in [0.25, 0.3) is 5.91 Å². The molecule has 0 bridgehead atoms. The maximum atomic E-state index is 13.8. The number of nitrogens with zero attached hydrogens (tertiary/aromatic N) is 3. The van der Waals surface area contributed by atoms with Gasteiger partial charge in [0, 0.05) is 38.1 Å². The number of hydrogen-bond donors (Lipinski definition) is 3. The summed E-state index contributed by atoms with van der Waals surface area (Å²) in [7, 11) is 0. The second-order valence-corrected chi connectivity index (χ2v) is 7.94. The predicted octanol–water partition coefficient (Wildman–Crippen LogP) is 4.13. The van der Waals surface area contributed by atoms with Crippen molar-refractivity contribution >= 4 is 35.0 Å². The van der Waals surface area contributed by atoms with Crippen molar-refractivity contribution in [3.63, 3.8) is 0 Å². The van der Waals surface area contributed by atoms with Crippen molar-refractivity contribution in [2.24, 2.45) is 0 Å². The van der Waals surface area contributed by atoms with Crippen molar-refractivity contribution in [2.45, 2.75) is 6.18 Å². The third-order valence-corrected chi connectivity index (χ3v) is 5.44. The zero-order valence-corrected chi connectivity index (χ0v) is 19.7. The van der Waals surface area contributed by atoms with Gasteiger partial charge < -0.3 is 25.3 Å². The Labute approximate surface area is 213 Å². The molecule has 2 heterocycles. The minimum atomic E-state index is -5.08. The number of halogens is 4. The second-order valence-electron chi connectivity index (χ2n) is 7.94. The third kappa shape index (κ3) is 7.18. The molecule has 1 aliphatic heterocycles. The van der Waals surface area contributed by atoms with Crippen LogP contribution in [0.5, 0.6) is 0 Å². The molecule has 200 valence electrons. The average Bonchev–Trinajstić information content (AvgIpc) is 2.89. The first kappa shape index (κ1) is 27.9. The number of aromatic carboxylic acids is 1. The predicted molar refractivity (Wildman–Crippen MR) is 130 cm³/mol. The molecule has 38 heavy (non-hydrogen) atoms. The first-order valence-electron chi connectivity index (χ1n) is 11.1. The molecule has 1 aliphatic rings. The summed E-state index contributed by atoms with van der Waals surface area (Å²) in [5.41, 5.74) is 0.852. The molecule has 0 aliphatic carbocycles. The zero-order valence-electron chi connectivity index (χ0n) is 19.7. The number of anilines is 3. The first-order chi connectivity index (χ1) is 18.0. The van der Waals surface area contributed by atoms with E-state index in [9.17, 15) is 32.3 Å². The lowest BCUT2D eigenvalue weighted by Crippen LogP contribution is -2.47. The van der Waals surface area contributed by atoms with Crippen LogP contribution in [0.1, 0.15) is 20.7 Å². The van der Waals surface area contributed by atoms with Gasteiger partial charge in [0.1, 0.15) is 11.6 Å². The van der Waals surface area contributed by atoms with Gasteiger partial charge in [0.2, 0.25) is 0 Å². The minimum absolute atomic E-state index is 0.0811. The van der Waals surface area contributed by atoms with Gasteiger partial charge in [0.15, 0.2) is 0 Å². The summed E-state index contributed by atoms with van der Waals surface area (Å²) in [6.45, 7) is 2.69. The minimum Gasteiger partial charge on any atom is -0.478 e. The lowest BCUT2D eigenvalue weighted by Gasteiger charge is -2.37. The van der Waals surface area contributed by atoms with Gasteiger partial charge in [-0.1, -0.05) is 18.2 Å². The van der Waals surface area contributed by atoms with Crippen LogP contribution in [0.25, 0.3) is 0 Å². The highest BCUT2D eigenvalue weighted by molar-refractivity contribution is 6.05. The van der Waals surface area contributed by atoms with E-state index in [0.717, 1.165) is 5.82 Å². The van der Waals surface area contributed by atoms with E-state index in [1.807, 2.05) is 23.1 Å². The average molecular weight is 534 g/mol. The highest BCUT2D eigenvalue weighted by atomic mass is 19.4. The molecular weight excluding hydrogens is 512 g/mol. The van der Waals surface area contributed by atoms with Gasteiger partial charge in [-0.05, 0) is 42.5 Å². The summed E-state index contributed by atoms with van der Waals surface area (Å²) in [6.07, 6.45) is -3.33. The quantitative estimate of drug-likeness (QED) is 0.418. The summed E-state index contributed by atoms with van der Waals surface area (Å²) in [5.74, 6) is -4.23. The number of alkyl halides is 3. The number of carbonyl (C=O) groups is 3. The van der Waals surface area contributed by atoms with E-state index < -0.39 is 29.8 Å². The fourth-order valence-electron chi connectivity index (χ4n) is 3.62. The number of rotatable bonds is 5. The molecule has 2 aromatic carbocycles. The molecule has 3 N–H and O–H groups in total. The Morgan fingerprint density at radius 3 is 2.00 bits per heavy atom. The number of amides is 1. The van der Waals surface area contributed by atoms with Crippen LogP contribution in [0.3, 0.4) is 0 Å². The number of carboxylic acid groups (broad SMARTS) is 2. The molecular formula is C25H22F4N4O5. The molecule has 0 saturated carbocycles. The molecule has 3 aromatic rings. The van der Waals surface area contributed by atoms with Crippen molar-refractivity contribution in [1.82, 2.24) is 4.98 Å². The topological polar surface area (TPSA) is 123 Å². The van der Waals surface area contributed by atoms with Crippen LogP contribution in [0.4, 0.5) is 34.8 Å². The van der Waals surface area contributed by atoms with Crippen molar-refractivity contribution in [2.75, 3.05) is 41.3 Å². The Morgan fingerprint density at radius 1 is 0.842 bits per heavy atom. The molecule has 0 spiro atoms. The molecule has 1 aromatic heterocycles. The molecule has 4 rings (SSSR count). The van der Waals surface area contributed by atoms with Gasteiger partial charge in [-0.25, -0.2) is 19.0 Å². The SMILES string of the molecule is O=C(Nc1ccc(N2CCN(c3ccccn3)CC2)c(C(=O)O)c1)c1ccccc1F.O=C(O)C(F)(F)F. The number of aromatic nitrogens is 1. The molecule has 1 saturated heterocycles. The third-order valence-electron chi connectivity index (χ3n) is 5.44. The fraction of sp³-hybridized carbons (Fsp3) is 0.200. The van der Waals surface area contributed by atoms with Crippen LogP contribution < -0.4 is 15.1 Å². The smallest absolute Gasteiger partial charge is 0.478 e. The van der Waals surface area contributed by atoms with Gasteiger partial charge in [-0.2, -0.15) is 13.2 Å². The van der Waals surface area contributed by atoms with Crippen LogP contribution in [0.2, 0.25) is 0 Å². The number of carbonyl (C=O) groups excluding carboxylic acids is 1. The summed E-state index contributed by atoms with van der Waals surface area (Å²) in [4.78, 5) is 41.7. The van der Waals surface area contributed by atoms with E-state index in [1.165, 1.54) is 24.3 Å². The van der Waals surface area contributed by atoms with Gasteiger partial charge in [-0.15, -0.1) is 0 Å². The Kier molecular flexibility index (Phi) is 8.84. The number of carboxylic acids is 2. The van der Waals surface area contributed by atoms with Crippen LogP contribution in [-0.4, -0.2) is 65.4 Å². The largest absolute Gasteiger partial charge is 0.490 e. The highest BCUT2D eigenvalue weighted by Crippen LogP contribution is 2.27. The molecule has 1 fully saturated rings. The van der Waals surface area contributed by atoms with Gasteiger partial charge in [0.05, 0.1) is 16.8 Å². The zero-order chi connectivity index (χ0) is 27.9. The first-order valence-corrected chi connectivity index (χ1v) is 11.1. The Hall–Kier alpha value is -4.68. The summed E-state index contributed by atoms with van der Waals surface area (Å²) < 4.78 is 45.6. The normalized spacial score (nSPS) is 13.3. The monoisotopic (exact) mass is 534 g/mol. The second kappa shape index (κ2) is 12.0. The van der Waals surface area contributed by atoms with Crippen molar-refractivity contribution in [1.29, 1.82) is 0 Å². The number of aliphatic carboxylic acids is 1. The molecule has 9 nitrogen and oxygen atoms in total. The maximum Gasteiger partial charge on any atom is 0.490 e. The van der Waals surface area contributed by atoms with Gasteiger partial charge in [-0.3, -0.25) is 4.79 Å².